The molecular formula is C28H36N2O4. The van der Waals surface area contributed by atoms with Crippen molar-refractivity contribution >= 4 is 11.9 Å². The number of carbonyl (C=O) groups excluding carboxylic acids is 2. The molecule has 0 saturated carbocycles. The zero-order valence-corrected chi connectivity index (χ0v) is 20.2. The number of fused-ring (bicyclic) bond motifs is 2. The molecule has 2 aromatic carbocycles. The third-order valence-corrected chi connectivity index (χ3v) is 7.10. The molecule has 0 aromatic heterocycles. The van der Waals surface area contributed by atoms with Gasteiger partial charge in [-0.1, -0.05) is 74.0 Å². The van der Waals surface area contributed by atoms with Crippen molar-refractivity contribution in [1.29, 1.82) is 0 Å². The minimum atomic E-state index is -0.431. The van der Waals surface area contributed by atoms with Gasteiger partial charge < -0.3 is 14.8 Å². The molecule has 1 N–H and O–H groups in total. The second-order valence-electron chi connectivity index (χ2n) is 9.34. The lowest BCUT2D eigenvalue weighted by molar-refractivity contribution is -0.150. The number of esters is 1. The van der Waals surface area contributed by atoms with E-state index in [2.05, 4.69) is 41.4 Å². The van der Waals surface area contributed by atoms with E-state index in [1.165, 1.54) is 7.11 Å². The van der Waals surface area contributed by atoms with Crippen molar-refractivity contribution in [3.63, 3.8) is 0 Å². The van der Waals surface area contributed by atoms with Crippen molar-refractivity contribution < 1.29 is 19.1 Å². The third-order valence-electron chi connectivity index (χ3n) is 7.10. The van der Waals surface area contributed by atoms with Gasteiger partial charge in [0.05, 0.1) is 31.4 Å². The fourth-order valence-corrected chi connectivity index (χ4v) is 5.42. The van der Waals surface area contributed by atoms with Crippen LogP contribution in [0.5, 0.6) is 0 Å². The number of hydrogen-bond acceptors (Lipinski definition) is 5. The fraction of sp³-hybridized carbons (Fsp3) is 0.500. The maximum atomic E-state index is 13.7. The maximum Gasteiger partial charge on any atom is 0.313 e. The summed E-state index contributed by atoms with van der Waals surface area (Å²) in [5, 5.41) is 3.16. The number of ether oxygens (including phenoxy) is 2. The molecule has 2 fully saturated rings. The van der Waals surface area contributed by atoms with Crippen LogP contribution in [0.15, 0.2) is 60.7 Å². The molecule has 0 radical (unpaired) electrons. The van der Waals surface area contributed by atoms with Gasteiger partial charge in [-0.2, -0.15) is 0 Å². The van der Waals surface area contributed by atoms with Gasteiger partial charge in [-0.25, -0.2) is 0 Å². The molecule has 2 aliphatic heterocycles. The summed E-state index contributed by atoms with van der Waals surface area (Å²) in [4.78, 5) is 28.8. The number of hydrogen-bond donors (Lipinski definition) is 1. The number of unbranched alkanes of at least 4 members (excludes halogenated alkanes) is 1. The summed E-state index contributed by atoms with van der Waals surface area (Å²) in [5.74, 6) is -0.645. The van der Waals surface area contributed by atoms with E-state index >= 15 is 0 Å². The Morgan fingerprint density at radius 3 is 2.32 bits per heavy atom. The normalized spacial score (nSPS) is 24.2. The predicted octanol–water partition coefficient (Wildman–Crippen LogP) is 3.74. The quantitative estimate of drug-likeness (QED) is 0.405. The summed E-state index contributed by atoms with van der Waals surface area (Å²) in [6, 6.07) is 19.6. The van der Waals surface area contributed by atoms with Crippen LogP contribution in [0.3, 0.4) is 0 Å². The van der Waals surface area contributed by atoms with Gasteiger partial charge in [0.2, 0.25) is 5.91 Å². The van der Waals surface area contributed by atoms with Crippen LogP contribution >= 0.6 is 0 Å². The number of nitrogens with one attached hydrogen (secondary N) is 1. The molecule has 2 aliphatic rings. The van der Waals surface area contributed by atoms with Crippen LogP contribution in [0.2, 0.25) is 0 Å². The van der Waals surface area contributed by atoms with Crippen molar-refractivity contribution in [2.75, 3.05) is 13.7 Å². The largest absolute Gasteiger partial charge is 0.469 e. The first kappa shape index (κ1) is 24.4. The van der Waals surface area contributed by atoms with Crippen LogP contribution in [0.4, 0.5) is 0 Å². The lowest BCUT2D eigenvalue weighted by Crippen LogP contribution is -2.58. The Kier molecular flexibility index (Phi) is 8.35. The number of nitrogens with zero attached hydrogens (tertiary/aromatic N) is 1. The number of rotatable bonds is 11. The molecule has 6 nitrogen and oxygen atoms in total. The second-order valence-corrected chi connectivity index (χ2v) is 9.34. The Hall–Kier alpha value is -2.70. The molecule has 2 aromatic rings. The van der Waals surface area contributed by atoms with E-state index < -0.39 is 12.0 Å². The van der Waals surface area contributed by atoms with E-state index in [9.17, 15) is 9.59 Å². The highest BCUT2D eigenvalue weighted by atomic mass is 16.5. The first-order chi connectivity index (χ1) is 16.6. The minimum Gasteiger partial charge on any atom is -0.469 e. The summed E-state index contributed by atoms with van der Waals surface area (Å²) >= 11 is 0. The number of benzene rings is 2. The number of carbonyl (C=O) groups is 2. The Balaban J connectivity index is 1.71. The number of amides is 1. The van der Waals surface area contributed by atoms with Crippen molar-refractivity contribution in [2.24, 2.45) is 5.92 Å². The fourth-order valence-electron chi connectivity index (χ4n) is 5.42. The molecule has 5 atom stereocenters. The van der Waals surface area contributed by atoms with Gasteiger partial charge in [-0.3, -0.25) is 14.5 Å². The third kappa shape index (κ3) is 5.50. The summed E-state index contributed by atoms with van der Waals surface area (Å²) in [7, 11) is 1.44. The van der Waals surface area contributed by atoms with E-state index in [1.807, 2.05) is 36.4 Å². The van der Waals surface area contributed by atoms with Crippen molar-refractivity contribution in [3.8, 4) is 0 Å². The molecule has 2 saturated heterocycles. The zero-order valence-electron chi connectivity index (χ0n) is 20.2. The van der Waals surface area contributed by atoms with Crippen molar-refractivity contribution in [1.82, 2.24) is 10.2 Å². The molecular weight excluding hydrogens is 428 g/mol. The lowest BCUT2D eigenvalue weighted by atomic mass is 9.82. The molecule has 4 rings (SSSR count). The molecule has 34 heavy (non-hydrogen) atoms. The lowest BCUT2D eigenvalue weighted by Gasteiger charge is -2.41. The summed E-state index contributed by atoms with van der Waals surface area (Å²) < 4.78 is 11.5. The molecule has 6 heteroatoms. The highest BCUT2D eigenvalue weighted by molar-refractivity contribution is 5.82. The Labute approximate surface area is 202 Å². The highest BCUT2D eigenvalue weighted by Gasteiger charge is 2.56. The van der Waals surface area contributed by atoms with Gasteiger partial charge in [0.15, 0.2) is 0 Å². The summed E-state index contributed by atoms with van der Waals surface area (Å²) in [6.07, 6.45) is 4.02. The van der Waals surface area contributed by atoms with Gasteiger partial charge in [0, 0.05) is 13.1 Å². The van der Waals surface area contributed by atoms with Crippen molar-refractivity contribution in [3.05, 3.63) is 71.8 Å². The average molecular weight is 465 g/mol. The molecule has 0 spiro atoms. The smallest absolute Gasteiger partial charge is 0.313 e. The van der Waals surface area contributed by atoms with Gasteiger partial charge in [-0.05, 0) is 36.8 Å². The summed E-state index contributed by atoms with van der Waals surface area (Å²) in [5.41, 5.74) is 2.20. The van der Waals surface area contributed by atoms with Gasteiger partial charge >= 0.3 is 5.97 Å². The first-order valence-electron chi connectivity index (χ1n) is 12.5. The van der Waals surface area contributed by atoms with Crippen LogP contribution in [0, 0.1) is 5.92 Å². The van der Waals surface area contributed by atoms with Crippen LogP contribution in [-0.2, 0) is 32.0 Å². The van der Waals surface area contributed by atoms with Crippen LogP contribution in [-0.4, -0.2) is 54.7 Å². The molecule has 1 unspecified atom stereocenters. The monoisotopic (exact) mass is 464 g/mol. The summed E-state index contributed by atoms with van der Waals surface area (Å²) in [6.45, 7) is 3.32. The Bertz CT molecular complexity index is 936. The average Bonchev–Trinajstić information content (AvgIpc) is 3.49. The number of methoxy groups -OCH3 is 1. The van der Waals surface area contributed by atoms with Crippen LogP contribution < -0.4 is 5.32 Å². The molecule has 1 amide bonds. The topological polar surface area (TPSA) is 67.9 Å². The van der Waals surface area contributed by atoms with Crippen LogP contribution in [0.25, 0.3) is 0 Å². The van der Waals surface area contributed by atoms with E-state index in [1.54, 1.807) is 0 Å². The predicted molar refractivity (Wildman–Crippen MR) is 131 cm³/mol. The van der Waals surface area contributed by atoms with E-state index in [0.717, 1.165) is 36.8 Å². The first-order valence-corrected chi connectivity index (χ1v) is 12.5. The SMILES string of the molecule is CCCCNC(=O)C(Cc1ccccc1)N(Cc1ccccc1)[C@H]1[C@H](C(=O)OC)[C@@H]2CC[C@H]1O2. The second kappa shape index (κ2) is 11.6. The standard InChI is InChI=1S/C28H36N2O4/c1-3-4-17-29-27(31)22(18-20-11-7-5-8-12-20)30(19-21-13-9-6-10-14-21)26-24-16-15-23(34-24)25(26)28(32)33-2/h5-14,22-26H,3-4,15-19H2,1-2H3,(H,29,31)/t22?,23-,24+,25+,26+/m0/s1. The molecule has 2 bridgehead atoms. The Morgan fingerprint density at radius 1 is 1.03 bits per heavy atom. The molecule has 0 aliphatic carbocycles. The maximum absolute atomic E-state index is 13.7. The molecule has 2 heterocycles. The minimum absolute atomic E-state index is 0.000349. The van der Waals surface area contributed by atoms with E-state index in [0.29, 0.717) is 19.5 Å². The van der Waals surface area contributed by atoms with Gasteiger partial charge in [0.25, 0.3) is 0 Å². The van der Waals surface area contributed by atoms with Gasteiger partial charge in [0.1, 0.15) is 5.92 Å². The van der Waals surface area contributed by atoms with Crippen LogP contribution in [0.1, 0.15) is 43.7 Å². The van der Waals surface area contributed by atoms with E-state index in [-0.39, 0.29) is 30.1 Å². The van der Waals surface area contributed by atoms with Crippen molar-refractivity contribution in [2.45, 2.75) is 69.9 Å². The molecule has 182 valence electrons. The zero-order chi connectivity index (χ0) is 23.9. The highest BCUT2D eigenvalue weighted by Crippen LogP contribution is 2.43. The van der Waals surface area contributed by atoms with Gasteiger partial charge in [-0.15, -0.1) is 0 Å². The Morgan fingerprint density at radius 2 is 1.68 bits per heavy atom. The van der Waals surface area contributed by atoms with E-state index in [4.69, 9.17) is 9.47 Å².